The molecule has 2 aromatic rings. The van der Waals surface area contributed by atoms with Crippen LogP contribution in [0.15, 0.2) is 30.5 Å². The smallest absolute Gasteiger partial charge is 0.224 e. The number of anilines is 2. The molecule has 17 heavy (non-hydrogen) atoms. The van der Waals surface area contributed by atoms with Crippen molar-refractivity contribution < 1.29 is 0 Å². The first-order valence-corrected chi connectivity index (χ1v) is 5.98. The van der Waals surface area contributed by atoms with E-state index in [4.69, 9.17) is 23.2 Å². The fourth-order valence-corrected chi connectivity index (χ4v) is 1.71. The fraction of sp³-hybridized carbons (Fsp3) is 0.167. The monoisotopic (exact) mass is 267 g/mol. The Morgan fingerprint density at radius 3 is 2.88 bits per heavy atom. The van der Waals surface area contributed by atoms with Crippen LogP contribution in [0.1, 0.15) is 12.5 Å². The lowest BCUT2D eigenvalue weighted by Gasteiger charge is -2.08. The van der Waals surface area contributed by atoms with E-state index < -0.39 is 0 Å². The maximum absolute atomic E-state index is 5.97. The maximum atomic E-state index is 5.97. The van der Waals surface area contributed by atoms with Gasteiger partial charge < -0.3 is 5.32 Å². The molecule has 0 aliphatic carbocycles. The van der Waals surface area contributed by atoms with Gasteiger partial charge in [0.2, 0.25) is 5.28 Å². The SMILES string of the molecule is CCc1cccc(Nc2nc(Cl)ncc2Cl)c1. The summed E-state index contributed by atoms with van der Waals surface area (Å²) in [6.45, 7) is 2.10. The number of hydrogen-bond donors (Lipinski definition) is 1. The standard InChI is InChI=1S/C12H11Cl2N3/c1-2-8-4-3-5-9(6-8)16-11-10(13)7-15-12(14)17-11/h3-7H,2H2,1H3,(H,15,16,17). The van der Waals surface area contributed by atoms with E-state index in [1.54, 1.807) is 0 Å². The third-order valence-electron chi connectivity index (χ3n) is 2.31. The lowest BCUT2D eigenvalue weighted by Crippen LogP contribution is -1.96. The molecule has 2 rings (SSSR count). The second kappa shape index (κ2) is 5.34. The first-order chi connectivity index (χ1) is 8.19. The highest BCUT2D eigenvalue weighted by Gasteiger charge is 2.04. The van der Waals surface area contributed by atoms with Gasteiger partial charge in [-0.25, -0.2) is 4.98 Å². The van der Waals surface area contributed by atoms with Crippen molar-refractivity contribution in [3.05, 3.63) is 46.3 Å². The molecule has 0 atom stereocenters. The van der Waals surface area contributed by atoms with E-state index in [0.717, 1.165) is 12.1 Å². The minimum absolute atomic E-state index is 0.170. The summed E-state index contributed by atoms with van der Waals surface area (Å²) in [5.74, 6) is 0.514. The van der Waals surface area contributed by atoms with Gasteiger partial charge in [-0.15, -0.1) is 0 Å². The second-order valence-corrected chi connectivity index (χ2v) is 4.26. The molecule has 0 amide bonds. The molecule has 0 spiro atoms. The Labute approximate surface area is 110 Å². The molecule has 0 aliphatic rings. The normalized spacial score (nSPS) is 10.3. The molecule has 1 heterocycles. The molecule has 0 saturated carbocycles. The predicted molar refractivity (Wildman–Crippen MR) is 71.2 cm³/mol. The Bertz CT molecular complexity index is 529. The highest BCUT2D eigenvalue weighted by Crippen LogP contribution is 2.24. The van der Waals surface area contributed by atoms with Gasteiger partial charge in [-0.3, -0.25) is 0 Å². The summed E-state index contributed by atoms with van der Waals surface area (Å²) in [6, 6.07) is 8.05. The van der Waals surface area contributed by atoms with Crippen LogP contribution in [0.3, 0.4) is 0 Å². The van der Waals surface area contributed by atoms with Crippen LogP contribution < -0.4 is 5.32 Å². The molecule has 5 heteroatoms. The van der Waals surface area contributed by atoms with Gasteiger partial charge in [0.25, 0.3) is 0 Å². The van der Waals surface area contributed by atoms with Crippen molar-refractivity contribution in [2.24, 2.45) is 0 Å². The van der Waals surface area contributed by atoms with Gasteiger partial charge in [-0.1, -0.05) is 30.7 Å². The van der Waals surface area contributed by atoms with Gasteiger partial charge in [-0.05, 0) is 35.7 Å². The summed E-state index contributed by atoms with van der Waals surface area (Å²) < 4.78 is 0. The third kappa shape index (κ3) is 3.08. The summed E-state index contributed by atoms with van der Waals surface area (Å²) in [4.78, 5) is 7.83. The lowest BCUT2D eigenvalue weighted by molar-refractivity contribution is 1.14. The van der Waals surface area contributed by atoms with E-state index in [0.29, 0.717) is 10.8 Å². The molecule has 0 saturated heterocycles. The summed E-state index contributed by atoms with van der Waals surface area (Å²) in [5, 5.41) is 3.73. The van der Waals surface area contributed by atoms with Gasteiger partial charge in [0, 0.05) is 5.69 Å². The quantitative estimate of drug-likeness (QED) is 0.852. The number of nitrogens with one attached hydrogen (secondary N) is 1. The van der Waals surface area contributed by atoms with E-state index in [1.807, 2.05) is 18.2 Å². The summed E-state index contributed by atoms with van der Waals surface area (Å²) in [6.07, 6.45) is 2.46. The zero-order valence-electron chi connectivity index (χ0n) is 9.24. The first kappa shape index (κ1) is 12.1. The Morgan fingerprint density at radius 2 is 2.12 bits per heavy atom. The van der Waals surface area contributed by atoms with Gasteiger partial charge in [0.15, 0.2) is 5.82 Å². The minimum atomic E-state index is 0.170. The number of halogens is 2. The van der Waals surface area contributed by atoms with Crippen LogP contribution in [-0.4, -0.2) is 9.97 Å². The Morgan fingerprint density at radius 1 is 1.29 bits per heavy atom. The van der Waals surface area contributed by atoms with Gasteiger partial charge in [-0.2, -0.15) is 4.98 Å². The average Bonchev–Trinajstić information content (AvgIpc) is 2.34. The number of benzene rings is 1. The van der Waals surface area contributed by atoms with E-state index in [9.17, 15) is 0 Å². The molecule has 0 unspecified atom stereocenters. The number of hydrogen-bond acceptors (Lipinski definition) is 3. The first-order valence-electron chi connectivity index (χ1n) is 5.23. The molecule has 88 valence electrons. The van der Waals surface area contributed by atoms with Gasteiger partial charge in [0.1, 0.15) is 5.02 Å². The van der Waals surface area contributed by atoms with E-state index >= 15 is 0 Å². The van der Waals surface area contributed by atoms with Crippen molar-refractivity contribution in [3.63, 3.8) is 0 Å². The highest BCUT2D eigenvalue weighted by molar-refractivity contribution is 6.33. The van der Waals surface area contributed by atoms with Crippen molar-refractivity contribution in [1.82, 2.24) is 9.97 Å². The number of nitrogens with zero attached hydrogens (tertiary/aromatic N) is 2. The third-order valence-corrected chi connectivity index (χ3v) is 2.77. The van der Waals surface area contributed by atoms with Crippen molar-refractivity contribution in [3.8, 4) is 0 Å². The van der Waals surface area contributed by atoms with Crippen molar-refractivity contribution >= 4 is 34.7 Å². The molecular weight excluding hydrogens is 257 g/mol. The molecule has 0 bridgehead atoms. The lowest BCUT2D eigenvalue weighted by atomic mass is 10.1. The number of aromatic nitrogens is 2. The van der Waals surface area contributed by atoms with Crippen LogP contribution in [0.4, 0.5) is 11.5 Å². The molecule has 1 aromatic heterocycles. The second-order valence-electron chi connectivity index (χ2n) is 3.51. The Balaban J connectivity index is 2.27. The van der Waals surface area contributed by atoms with Crippen molar-refractivity contribution in [2.45, 2.75) is 13.3 Å². The van der Waals surface area contributed by atoms with Crippen LogP contribution in [0.25, 0.3) is 0 Å². The van der Waals surface area contributed by atoms with E-state index in [-0.39, 0.29) is 5.28 Å². The van der Waals surface area contributed by atoms with Gasteiger partial charge in [0.05, 0.1) is 6.20 Å². The minimum Gasteiger partial charge on any atom is -0.339 e. The van der Waals surface area contributed by atoms with Crippen LogP contribution in [0, 0.1) is 0 Å². The fourth-order valence-electron chi connectivity index (χ4n) is 1.44. The van der Waals surface area contributed by atoms with Crippen LogP contribution in [-0.2, 0) is 6.42 Å². The number of aryl methyl sites for hydroxylation is 1. The summed E-state index contributed by atoms with van der Waals surface area (Å²) in [7, 11) is 0. The maximum Gasteiger partial charge on any atom is 0.224 e. The zero-order valence-corrected chi connectivity index (χ0v) is 10.8. The molecular formula is C12H11Cl2N3. The van der Waals surface area contributed by atoms with E-state index in [1.165, 1.54) is 11.8 Å². The van der Waals surface area contributed by atoms with Crippen molar-refractivity contribution in [2.75, 3.05) is 5.32 Å². The largest absolute Gasteiger partial charge is 0.339 e. The predicted octanol–water partition coefficient (Wildman–Crippen LogP) is 4.09. The molecule has 1 N–H and O–H groups in total. The summed E-state index contributed by atoms with van der Waals surface area (Å²) in [5.41, 5.74) is 2.17. The van der Waals surface area contributed by atoms with Crippen LogP contribution >= 0.6 is 23.2 Å². The van der Waals surface area contributed by atoms with Crippen LogP contribution in [0.2, 0.25) is 10.3 Å². The molecule has 1 aromatic carbocycles. The molecule has 0 radical (unpaired) electrons. The topological polar surface area (TPSA) is 37.8 Å². The Kier molecular flexibility index (Phi) is 3.82. The van der Waals surface area contributed by atoms with E-state index in [2.05, 4.69) is 28.3 Å². The summed E-state index contributed by atoms with van der Waals surface area (Å²) >= 11 is 11.7. The Hall–Kier alpha value is -1.32. The molecule has 0 fully saturated rings. The molecule has 0 aliphatic heterocycles. The van der Waals surface area contributed by atoms with Gasteiger partial charge >= 0.3 is 0 Å². The average molecular weight is 268 g/mol. The molecule has 3 nitrogen and oxygen atoms in total. The number of rotatable bonds is 3. The highest BCUT2D eigenvalue weighted by atomic mass is 35.5. The zero-order chi connectivity index (χ0) is 12.3. The van der Waals surface area contributed by atoms with Crippen molar-refractivity contribution in [1.29, 1.82) is 0 Å². The van der Waals surface area contributed by atoms with Crippen LogP contribution in [0.5, 0.6) is 0 Å².